The Labute approximate surface area is 129 Å². The molecule has 1 aromatic carbocycles. The average Bonchev–Trinajstić information content (AvgIpc) is 2.55. The van der Waals surface area contributed by atoms with Gasteiger partial charge in [0.05, 0.1) is 19.8 Å². The summed E-state index contributed by atoms with van der Waals surface area (Å²) < 4.78 is 11.4. The van der Waals surface area contributed by atoms with E-state index in [-0.39, 0.29) is 12.0 Å². The number of pyridine rings is 1. The molecule has 0 N–H and O–H groups in total. The highest BCUT2D eigenvalue weighted by atomic mass is 35.5. The molecular weight excluding hydrogens is 286 g/mol. The van der Waals surface area contributed by atoms with E-state index >= 15 is 0 Å². The van der Waals surface area contributed by atoms with Gasteiger partial charge in [-0.15, -0.1) is 0 Å². The van der Waals surface area contributed by atoms with Crippen molar-refractivity contribution in [3.63, 3.8) is 0 Å². The Morgan fingerprint density at radius 1 is 1.19 bits per heavy atom. The van der Waals surface area contributed by atoms with E-state index in [1.165, 1.54) is 0 Å². The largest absolute Gasteiger partial charge is 0.496 e. The molecule has 2 atom stereocenters. The number of methoxy groups -OCH3 is 1. The number of halogens is 1. The highest BCUT2D eigenvalue weighted by Gasteiger charge is 2.29. The summed E-state index contributed by atoms with van der Waals surface area (Å²) in [5.74, 6) is 0.902. The number of benzene rings is 1. The molecule has 108 valence electrons. The van der Waals surface area contributed by atoms with Gasteiger partial charge < -0.3 is 9.47 Å². The number of ether oxygens (including phenoxy) is 2. The van der Waals surface area contributed by atoms with Crippen LogP contribution in [0.4, 0.5) is 0 Å². The number of hydrogen-bond donors (Lipinski definition) is 0. The molecule has 2 aromatic rings. The molecule has 0 radical (unpaired) electrons. The molecule has 0 bridgehead atoms. The normalized spacial score (nSPS) is 21.2. The van der Waals surface area contributed by atoms with Crippen molar-refractivity contribution >= 4 is 11.6 Å². The monoisotopic (exact) mass is 301 g/mol. The SMILES string of the molecule is COc1ccccc1[C@H]1C=CCO[C@@H]1c1cccnc1Cl. The zero-order valence-electron chi connectivity index (χ0n) is 11.7. The molecule has 0 saturated carbocycles. The van der Waals surface area contributed by atoms with Gasteiger partial charge in [0.2, 0.25) is 0 Å². The number of para-hydroxylation sites is 1. The maximum atomic E-state index is 6.24. The van der Waals surface area contributed by atoms with Crippen molar-refractivity contribution in [3.05, 3.63) is 71.0 Å². The number of nitrogens with zero attached hydrogens (tertiary/aromatic N) is 1. The van der Waals surface area contributed by atoms with Gasteiger partial charge in [-0.2, -0.15) is 0 Å². The summed E-state index contributed by atoms with van der Waals surface area (Å²) in [4.78, 5) is 4.16. The molecule has 0 amide bonds. The molecule has 0 aliphatic carbocycles. The summed E-state index contributed by atoms with van der Waals surface area (Å²) in [6, 6.07) is 11.8. The van der Waals surface area contributed by atoms with Crippen molar-refractivity contribution in [1.82, 2.24) is 4.98 Å². The fourth-order valence-electron chi connectivity index (χ4n) is 2.67. The quantitative estimate of drug-likeness (QED) is 0.630. The molecule has 3 nitrogen and oxygen atoms in total. The Morgan fingerprint density at radius 3 is 2.81 bits per heavy atom. The second-order valence-corrected chi connectivity index (χ2v) is 5.19. The summed E-state index contributed by atoms with van der Waals surface area (Å²) in [7, 11) is 1.68. The minimum atomic E-state index is -0.160. The van der Waals surface area contributed by atoms with Gasteiger partial charge in [-0.1, -0.05) is 48.0 Å². The van der Waals surface area contributed by atoms with Gasteiger partial charge in [0, 0.05) is 23.2 Å². The first-order chi connectivity index (χ1) is 10.3. The maximum absolute atomic E-state index is 6.24. The first-order valence-electron chi connectivity index (χ1n) is 6.83. The highest BCUT2D eigenvalue weighted by molar-refractivity contribution is 6.30. The first kappa shape index (κ1) is 14.1. The van der Waals surface area contributed by atoms with Crippen LogP contribution in [-0.4, -0.2) is 18.7 Å². The van der Waals surface area contributed by atoms with E-state index in [4.69, 9.17) is 21.1 Å². The van der Waals surface area contributed by atoms with Crippen LogP contribution in [-0.2, 0) is 4.74 Å². The Morgan fingerprint density at radius 2 is 2.00 bits per heavy atom. The summed E-state index contributed by atoms with van der Waals surface area (Å²) in [6.07, 6.45) is 5.70. The summed E-state index contributed by atoms with van der Waals surface area (Å²) in [5.41, 5.74) is 1.99. The zero-order valence-corrected chi connectivity index (χ0v) is 12.5. The standard InChI is InChI=1S/C17H16ClNO2/c1-20-15-9-3-2-6-12(15)13-8-5-11-21-16(13)14-7-4-10-19-17(14)18/h2-10,13,16H,11H2,1H3/t13-,16+/m1/s1. The third-order valence-electron chi connectivity index (χ3n) is 3.63. The first-order valence-corrected chi connectivity index (χ1v) is 7.20. The van der Waals surface area contributed by atoms with Crippen LogP contribution in [0.15, 0.2) is 54.7 Å². The smallest absolute Gasteiger partial charge is 0.134 e. The second-order valence-electron chi connectivity index (χ2n) is 4.83. The van der Waals surface area contributed by atoms with Crippen LogP contribution < -0.4 is 4.74 Å². The summed E-state index contributed by atoms with van der Waals surface area (Å²) >= 11 is 6.24. The van der Waals surface area contributed by atoms with Crippen molar-refractivity contribution in [2.24, 2.45) is 0 Å². The predicted molar refractivity (Wildman–Crippen MR) is 82.8 cm³/mol. The molecule has 21 heavy (non-hydrogen) atoms. The van der Waals surface area contributed by atoms with E-state index in [2.05, 4.69) is 17.1 Å². The Kier molecular flexibility index (Phi) is 4.23. The van der Waals surface area contributed by atoms with E-state index in [1.807, 2.05) is 36.4 Å². The van der Waals surface area contributed by atoms with Crippen LogP contribution in [0.2, 0.25) is 5.15 Å². The molecule has 1 aliphatic heterocycles. The van der Waals surface area contributed by atoms with Crippen LogP contribution in [0.5, 0.6) is 5.75 Å². The third-order valence-corrected chi connectivity index (χ3v) is 3.95. The number of aromatic nitrogens is 1. The third kappa shape index (κ3) is 2.80. The van der Waals surface area contributed by atoms with Crippen LogP contribution in [0.3, 0.4) is 0 Å². The van der Waals surface area contributed by atoms with Gasteiger partial charge in [-0.05, 0) is 12.1 Å². The lowest BCUT2D eigenvalue weighted by atomic mass is 9.87. The van der Waals surface area contributed by atoms with Crippen molar-refractivity contribution in [2.45, 2.75) is 12.0 Å². The van der Waals surface area contributed by atoms with E-state index in [9.17, 15) is 0 Å². The molecule has 0 fully saturated rings. The molecule has 0 unspecified atom stereocenters. The number of rotatable bonds is 3. The minimum Gasteiger partial charge on any atom is -0.496 e. The minimum absolute atomic E-state index is 0.0524. The Balaban J connectivity index is 2.05. The molecule has 0 saturated heterocycles. The van der Waals surface area contributed by atoms with Crippen LogP contribution >= 0.6 is 11.6 Å². The maximum Gasteiger partial charge on any atom is 0.134 e. The summed E-state index contributed by atoms with van der Waals surface area (Å²) in [6.45, 7) is 0.571. The van der Waals surface area contributed by atoms with Crippen molar-refractivity contribution in [1.29, 1.82) is 0 Å². The zero-order chi connectivity index (χ0) is 14.7. The molecule has 4 heteroatoms. The fourth-order valence-corrected chi connectivity index (χ4v) is 2.90. The lowest BCUT2D eigenvalue weighted by Crippen LogP contribution is -2.18. The van der Waals surface area contributed by atoms with Gasteiger partial charge in [-0.3, -0.25) is 0 Å². The fraction of sp³-hybridized carbons (Fsp3) is 0.235. The lowest BCUT2D eigenvalue weighted by Gasteiger charge is -2.29. The molecule has 1 aromatic heterocycles. The van der Waals surface area contributed by atoms with Gasteiger partial charge in [0.25, 0.3) is 0 Å². The molecule has 0 spiro atoms. The van der Waals surface area contributed by atoms with Crippen molar-refractivity contribution in [2.75, 3.05) is 13.7 Å². The van der Waals surface area contributed by atoms with Crippen molar-refractivity contribution in [3.8, 4) is 5.75 Å². The van der Waals surface area contributed by atoms with E-state index in [0.717, 1.165) is 16.9 Å². The van der Waals surface area contributed by atoms with Crippen LogP contribution in [0.25, 0.3) is 0 Å². The second kappa shape index (κ2) is 6.29. The topological polar surface area (TPSA) is 31.4 Å². The Bertz CT molecular complexity index is 657. The Hall–Kier alpha value is -1.84. The van der Waals surface area contributed by atoms with Gasteiger partial charge in [0.15, 0.2) is 0 Å². The van der Waals surface area contributed by atoms with Gasteiger partial charge in [-0.25, -0.2) is 4.98 Å². The lowest BCUT2D eigenvalue weighted by molar-refractivity contribution is 0.0529. The van der Waals surface area contributed by atoms with Gasteiger partial charge >= 0.3 is 0 Å². The van der Waals surface area contributed by atoms with Gasteiger partial charge in [0.1, 0.15) is 10.9 Å². The van der Waals surface area contributed by atoms with Crippen molar-refractivity contribution < 1.29 is 9.47 Å². The van der Waals surface area contributed by atoms with E-state index in [0.29, 0.717) is 11.8 Å². The molecule has 3 rings (SSSR count). The summed E-state index contributed by atoms with van der Waals surface area (Å²) in [5, 5.41) is 0.484. The van der Waals surface area contributed by atoms with E-state index < -0.39 is 0 Å². The molecule has 1 aliphatic rings. The van der Waals surface area contributed by atoms with E-state index in [1.54, 1.807) is 13.3 Å². The van der Waals surface area contributed by atoms with Crippen LogP contribution in [0, 0.1) is 0 Å². The predicted octanol–water partition coefficient (Wildman–Crippen LogP) is 4.15. The highest BCUT2D eigenvalue weighted by Crippen LogP contribution is 2.42. The molecular formula is C17H16ClNO2. The molecule has 2 heterocycles. The number of hydrogen-bond acceptors (Lipinski definition) is 3. The average molecular weight is 302 g/mol. The van der Waals surface area contributed by atoms with Crippen LogP contribution in [0.1, 0.15) is 23.1 Å².